The maximum atomic E-state index is 12.3. The Kier molecular flexibility index (Phi) is 6.78. The van der Waals surface area contributed by atoms with Gasteiger partial charge in [-0.25, -0.2) is 9.97 Å². The van der Waals surface area contributed by atoms with E-state index < -0.39 is 5.97 Å². The second kappa shape index (κ2) is 9.48. The lowest BCUT2D eigenvalue weighted by molar-refractivity contribution is -0.150. The van der Waals surface area contributed by atoms with Crippen molar-refractivity contribution < 1.29 is 14.3 Å². The van der Waals surface area contributed by atoms with Crippen LogP contribution >= 0.6 is 23.1 Å². The summed E-state index contributed by atoms with van der Waals surface area (Å²) in [6, 6.07) is 11.7. The van der Waals surface area contributed by atoms with Crippen LogP contribution in [-0.2, 0) is 20.9 Å². The highest BCUT2D eigenvalue weighted by Crippen LogP contribution is 2.27. The summed E-state index contributed by atoms with van der Waals surface area (Å²) in [6.07, 6.45) is 1.48. The molecular weight excluding hydrogens is 382 g/mol. The molecule has 3 rings (SSSR count). The fourth-order valence-corrected chi connectivity index (χ4v) is 4.04. The van der Waals surface area contributed by atoms with E-state index in [0.29, 0.717) is 13.1 Å². The molecule has 0 aliphatic rings. The van der Waals surface area contributed by atoms with Crippen molar-refractivity contribution in [1.29, 1.82) is 0 Å². The molecule has 8 heteroatoms. The van der Waals surface area contributed by atoms with E-state index in [-0.39, 0.29) is 18.3 Å². The third-order valence-electron chi connectivity index (χ3n) is 3.86. The molecule has 0 bridgehead atoms. The predicted octanol–water partition coefficient (Wildman–Crippen LogP) is 3.38. The fourth-order valence-electron chi connectivity index (χ4n) is 2.46. The van der Waals surface area contributed by atoms with E-state index in [0.717, 1.165) is 20.8 Å². The van der Waals surface area contributed by atoms with Crippen LogP contribution in [0.5, 0.6) is 0 Å². The standard InChI is InChI=1S/C19H19N3O3S2/c1-2-22(10-14-6-4-3-5-7-14)16(23)11-25-17(24)12-27-19-15-8-9-26-18(15)20-13-21-19/h3-9,13H,2,10-12H2,1H3. The number of amides is 1. The molecule has 2 heterocycles. The van der Waals surface area contributed by atoms with Gasteiger partial charge >= 0.3 is 5.97 Å². The number of thiophene rings is 1. The molecule has 0 spiro atoms. The maximum absolute atomic E-state index is 12.3. The number of hydrogen-bond acceptors (Lipinski definition) is 7. The minimum Gasteiger partial charge on any atom is -0.455 e. The van der Waals surface area contributed by atoms with E-state index in [9.17, 15) is 9.59 Å². The Morgan fingerprint density at radius 3 is 2.78 bits per heavy atom. The summed E-state index contributed by atoms with van der Waals surface area (Å²) in [6.45, 7) is 2.70. The van der Waals surface area contributed by atoms with Gasteiger partial charge in [-0.3, -0.25) is 9.59 Å². The summed E-state index contributed by atoms with van der Waals surface area (Å²) >= 11 is 2.81. The van der Waals surface area contributed by atoms with Crippen LogP contribution in [0.4, 0.5) is 0 Å². The number of thioether (sulfide) groups is 1. The molecular formula is C19H19N3O3S2. The monoisotopic (exact) mass is 401 g/mol. The quantitative estimate of drug-likeness (QED) is 0.327. The topological polar surface area (TPSA) is 72.4 Å². The highest BCUT2D eigenvalue weighted by atomic mass is 32.2. The first-order chi connectivity index (χ1) is 13.2. The highest BCUT2D eigenvalue weighted by molar-refractivity contribution is 8.00. The summed E-state index contributed by atoms with van der Waals surface area (Å²) in [5.41, 5.74) is 1.04. The van der Waals surface area contributed by atoms with Gasteiger partial charge in [0, 0.05) is 18.5 Å². The molecule has 2 aromatic heterocycles. The van der Waals surface area contributed by atoms with Crippen LogP contribution in [-0.4, -0.2) is 45.6 Å². The van der Waals surface area contributed by atoms with E-state index in [1.807, 2.05) is 48.7 Å². The molecule has 27 heavy (non-hydrogen) atoms. The SMILES string of the molecule is CCN(Cc1ccccc1)C(=O)COC(=O)CSc1ncnc2sccc12. The van der Waals surface area contributed by atoms with Gasteiger partial charge in [0.1, 0.15) is 16.2 Å². The molecule has 0 saturated carbocycles. The number of likely N-dealkylation sites (N-methyl/N-ethyl adjacent to an activating group) is 1. The Balaban J connectivity index is 1.48. The first-order valence-corrected chi connectivity index (χ1v) is 10.3. The molecule has 0 saturated heterocycles. The fraction of sp³-hybridized carbons (Fsp3) is 0.263. The van der Waals surface area contributed by atoms with Gasteiger partial charge in [0.05, 0.1) is 5.75 Å². The molecule has 1 amide bonds. The smallest absolute Gasteiger partial charge is 0.316 e. The van der Waals surface area contributed by atoms with Gasteiger partial charge in [0.15, 0.2) is 6.61 Å². The lowest BCUT2D eigenvalue weighted by Crippen LogP contribution is -2.34. The number of benzene rings is 1. The Labute approximate surface area is 165 Å². The van der Waals surface area contributed by atoms with Crippen LogP contribution in [0, 0.1) is 0 Å². The molecule has 0 aliphatic heterocycles. The minimum absolute atomic E-state index is 0.0973. The van der Waals surface area contributed by atoms with Gasteiger partial charge in [-0.05, 0) is 23.9 Å². The number of carbonyl (C=O) groups is 2. The van der Waals surface area contributed by atoms with Crippen molar-refractivity contribution in [2.45, 2.75) is 18.5 Å². The van der Waals surface area contributed by atoms with Crippen molar-refractivity contribution in [2.75, 3.05) is 18.9 Å². The molecule has 0 N–H and O–H groups in total. The van der Waals surface area contributed by atoms with Gasteiger partial charge in [0.2, 0.25) is 0 Å². The molecule has 0 atom stereocenters. The first kappa shape index (κ1) is 19.3. The zero-order chi connectivity index (χ0) is 19.1. The average molecular weight is 402 g/mol. The maximum Gasteiger partial charge on any atom is 0.316 e. The molecule has 3 aromatic rings. The molecule has 0 unspecified atom stereocenters. The summed E-state index contributed by atoms with van der Waals surface area (Å²) in [7, 11) is 0. The van der Waals surface area contributed by atoms with Crippen molar-refractivity contribution in [3.63, 3.8) is 0 Å². The number of nitrogens with zero attached hydrogens (tertiary/aromatic N) is 3. The van der Waals surface area contributed by atoms with Gasteiger partial charge in [-0.1, -0.05) is 42.1 Å². The summed E-state index contributed by atoms with van der Waals surface area (Å²) in [5.74, 6) is -0.548. The van der Waals surface area contributed by atoms with Crippen molar-refractivity contribution in [1.82, 2.24) is 14.9 Å². The molecule has 0 radical (unpaired) electrons. The van der Waals surface area contributed by atoms with Crippen LogP contribution in [0.1, 0.15) is 12.5 Å². The van der Waals surface area contributed by atoms with E-state index in [1.54, 1.807) is 4.90 Å². The van der Waals surface area contributed by atoms with Crippen LogP contribution in [0.3, 0.4) is 0 Å². The number of fused-ring (bicyclic) bond motifs is 1. The van der Waals surface area contributed by atoms with E-state index in [2.05, 4.69) is 9.97 Å². The number of aromatic nitrogens is 2. The van der Waals surface area contributed by atoms with Crippen LogP contribution in [0.25, 0.3) is 10.2 Å². The number of carbonyl (C=O) groups excluding carboxylic acids is 2. The number of ether oxygens (including phenoxy) is 1. The summed E-state index contributed by atoms with van der Waals surface area (Å²) < 4.78 is 5.15. The second-order valence-electron chi connectivity index (χ2n) is 5.66. The molecule has 6 nitrogen and oxygen atoms in total. The molecule has 0 aliphatic carbocycles. The lowest BCUT2D eigenvalue weighted by atomic mass is 10.2. The summed E-state index contributed by atoms with van der Waals surface area (Å²) in [5, 5.41) is 3.60. The Hall–Kier alpha value is -2.45. The van der Waals surface area contributed by atoms with Crippen LogP contribution < -0.4 is 0 Å². The number of esters is 1. The molecule has 0 fully saturated rings. The zero-order valence-corrected chi connectivity index (χ0v) is 16.5. The Morgan fingerprint density at radius 1 is 1.19 bits per heavy atom. The van der Waals surface area contributed by atoms with Crippen LogP contribution in [0.2, 0.25) is 0 Å². The van der Waals surface area contributed by atoms with E-state index >= 15 is 0 Å². The largest absolute Gasteiger partial charge is 0.455 e. The number of hydrogen-bond donors (Lipinski definition) is 0. The predicted molar refractivity (Wildman–Crippen MR) is 107 cm³/mol. The van der Waals surface area contributed by atoms with Crippen molar-refractivity contribution in [3.05, 3.63) is 53.7 Å². The van der Waals surface area contributed by atoms with Crippen LogP contribution in [0.15, 0.2) is 53.1 Å². The van der Waals surface area contributed by atoms with Crippen molar-refractivity contribution >= 4 is 45.2 Å². The first-order valence-electron chi connectivity index (χ1n) is 8.45. The van der Waals surface area contributed by atoms with Gasteiger partial charge in [0.25, 0.3) is 5.91 Å². The summed E-state index contributed by atoms with van der Waals surface area (Å²) in [4.78, 5) is 35.3. The third-order valence-corrected chi connectivity index (χ3v) is 5.66. The Bertz CT molecular complexity index is 915. The second-order valence-corrected chi connectivity index (χ2v) is 7.52. The van der Waals surface area contributed by atoms with E-state index in [4.69, 9.17) is 4.74 Å². The van der Waals surface area contributed by atoms with E-state index in [1.165, 1.54) is 29.4 Å². The third kappa shape index (κ3) is 5.27. The van der Waals surface area contributed by atoms with Gasteiger partial charge in [-0.2, -0.15) is 0 Å². The number of rotatable bonds is 8. The normalized spacial score (nSPS) is 10.7. The highest BCUT2D eigenvalue weighted by Gasteiger charge is 2.15. The van der Waals surface area contributed by atoms with Crippen molar-refractivity contribution in [2.24, 2.45) is 0 Å². The average Bonchev–Trinajstić information content (AvgIpc) is 3.19. The van der Waals surface area contributed by atoms with Crippen molar-refractivity contribution in [3.8, 4) is 0 Å². The zero-order valence-electron chi connectivity index (χ0n) is 14.8. The van der Waals surface area contributed by atoms with Gasteiger partial charge < -0.3 is 9.64 Å². The lowest BCUT2D eigenvalue weighted by Gasteiger charge is -2.20. The minimum atomic E-state index is -0.439. The molecule has 140 valence electrons. The molecule has 1 aromatic carbocycles. The van der Waals surface area contributed by atoms with Gasteiger partial charge in [-0.15, -0.1) is 11.3 Å². The Morgan fingerprint density at radius 2 is 2.00 bits per heavy atom.